The maximum atomic E-state index is 11.8. The molecule has 1 saturated heterocycles. The van der Waals surface area contributed by atoms with Gasteiger partial charge in [0.25, 0.3) is 0 Å². The first-order chi connectivity index (χ1) is 8.67. The highest BCUT2D eigenvalue weighted by Gasteiger charge is 2.23. The zero-order chi connectivity index (χ0) is 13.4. The SMILES string of the molecule is CCCCC(=O)N1CCC(NC(=O)COC)CC1. The van der Waals surface area contributed by atoms with Gasteiger partial charge in [-0.3, -0.25) is 9.59 Å². The summed E-state index contributed by atoms with van der Waals surface area (Å²) in [4.78, 5) is 25.1. The Hall–Kier alpha value is -1.10. The zero-order valence-corrected chi connectivity index (χ0v) is 11.4. The fourth-order valence-electron chi connectivity index (χ4n) is 2.16. The van der Waals surface area contributed by atoms with Crippen LogP contribution in [0.2, 0.25) is 0 Å². The maximum Gasteiger partial charge on any atom is 0.246 e. The molecule has 1 heterocycles. The number of hydrogen-bond donors (Lipinski definition) is 1. The fourth-order valence-corrected chi connectivity index (χ4v) is 2.16. The van der Waals surface area contributed by atoms with Crippen LogP contribution in [0.25, 0.3) is 0 Å². The Morgan fingerprint density at radius 1 is 1.33 bits per heavy atom. The Balaban J connectivity index is 2.23. The van der Waals surface area contributed by atoms with Crippen LogP contribution in [0.4, 0.5) is 0 Å². The van der Waals surface area contributed by atoms with Gasteiger partial charge < -0.3 is 15.0 Å². The molecule has 1 N–H and O–H groups in total. The number of amides is 2. The molecule has 0 aliphatic carbocycles. The number of piperidine rings is 1. The third kappa shape index (κ3) is 5.04. The molecule has 2 amide bonds. The summed E-state index contributed by atoms with van der Waals surface area (Å²) in [6, 6.07) is 0.183. The summed E-state index contributed by atoms with van der Waals surface area (Å²) in [7, 11) is 1.51. The van der Waals surface area contributed by atoms with E-state index in [9.17, 15) is 9.59 Å². The molecule has 0 saturated carbocycles. The molecule has 1 rings (SSSR count). The van der Waals surface area contributed by atoms with Gasteiger partial charge in [-0.15, -0.1) is 0 Å². The van der Waals surface area contributed by atoms with E-state index in [0.29, 0.717) is 6.42 Å². The molecule has 0 unspecified atom stereocenters. The van der Waals surface area contributed by atoms with Crippen molar-refractivity contribution in [3.05, 3.63) is 0 Å². The number of carbonyl (C=O) groups excluding carboxylic acids is 2. The Labute approximate surface area is 109 Å². The molecule has 5 nitrogen and oxygen atoms in total. The number of carbonyl (C=O) groups is 2. The van der Waals surface area contributed by atoms with E-state index < -0.39 is 0 Å². The summed E-state index contributed by atoms with van der Waals surface area (Å²) in [5.74, 6) is 0.173. The Kier molecular flexibility index (Phi) is 6.72. The van der Waals surface area contributed by atoms with Crippen LogP contribution in [0.15, 0.2) is 0 Å². The number of ether oxygens (including phenoxy) is 1. The van der Waals surface area contributed by atoms with Crippen LogP contribution in [0.5, 0.6) is 0 Å². The first kappa shape index (κ1) is 15.0. The minimum Gasteiger partial charge on any atom is -0.375 e. The van der Waals surface area contributed by atoms with Crippen LogP contribution >= 0.6 is 0 Å². The highest BCUT2D eigenvalue weighted by molar-refractivity contribution is 5.78. The number of likely N-dealkylation sites (tertiary alicyclic amines) is 1. The average molecular weight is 256 g/mol. The highest BCUT2D eigenvalue weighted by Crippen LogP contribution is 2.12. The summed E-state index contributed by atoms with van der Waals surface area (Å²) in [5.41, 5.74) is 0. The standard InChI is InChI=1S/C13H24N2O3/c1-3-4-5-13(17)15-8-6-11(7-9-15)14-12(16)10-18-2/h11H,3-10H2,1-2H3,(H,14,16). The molecule has 0 bridgehead atoms. The number of hydrogen-bond acceptors (Lipinski definition) is 3. The van der Waals surface area contributed by atoms with Crippen molar-refractivity contribution in [1.29, 1.82) is 0 Å². The molecule has 1 fully saturated rings. The maximum absolute atomic E-state index is 11.8. The lowest BCUT2D eigenvalue weighted by atomic mass is 10.0. The molecular formula is C13H24N2O3. The largest absolute Gasteiger partial charge is 0.375 e. The molecule has 104 valence electrons. The molecule has 1 aliphatic rings. The van der Waals surface area contributed by atoms with Gasteiger partial charge >= 0.3 is 0 Å². The van der Waals surface area contributed by atoms with Gasteiger partial charge in [-0.1, -0.05) is 13.3 Å². The Morgan fingerprint density at radius 2 is 2.00 bits per heavy atom. The van der Waals surface area contributed by atoms with E-state index in [1.807, 2.05) is 4.90 Å². The third-order valence-corrected chi connectivity index (χ3v) is 3.23. The lowest BCUT2D eigenvalue weighted by Crippen LogP contribution is -2.47. The van der Waals surface area contributed by atoms with Crippen molar-refractivity contribution in [2.75, 3.05) is 26.8 Å². The van der Waals surface area contributed by atoms with Crippen LogP contribution in [-0.2, 0) is 14.3 Å². The predicted molar refractivity (Wildman–Crippen MR) is 69.1 cm³/mol. The molecular weight excluding hydrogens is 232 g/mol. The molecule has 0 aromatic heterocycles. The van der Waals surface area contributed by atoms with Crippen molar-refractivity contribution in [2.24, 2.45) is 0 Å². The van der Waals surface area contributed by atoms with Gasteiger partial charge in [-0.05, 0) is 19.3 Å². The Morgan fingerprint density at radius 3 is 2.56 bits per heavy atom. The van der Waals surface area contributed by atoms with Crippen molar-refractivity contribution < 1.29 is 14.3 Å². The first-order valence-electron chi connectivity index (χ1n) is 6.73. The van der Waals surface area contributed by atoms with Crippen molar-refractivity contribution >= 4 is 11.8 Å². The van der Waals surface area contributed by atoms with Crippen molar-refractivity contribution in [3.8, 4) is 0 Å². The van der Waals surface area contributed by atoms with E-state index in [1.165, 1.54) is 7.11 Å². The minimum atomic E-state index is -0.0757. The van der Waals surface area contributed by atoms with E-state index in [-0.39, 0.29) is 24.5 Å². The number of nitrogens with one attached hydrogen (secondary N) is 1. The third-order valence-electron chi connectivity index (χ3n) is 3.23. The number of methoxy groups -OCH3 is 1. The summed E-state index contributed by atoms with van der Waals surface area (Å²) in [6.07, 6.45) is 4.34. The van der Waals surface area contributed by atoms with Crippen molar-refractivity contribution in [3.63, 3.8) is 0 Å². The molecule has 18 heavy (non-hydrogen) atoms. The number of unbranched alkanes of at least 4 members (excludes halogenated alkanes) is 1. The second kappa shape index (κ2) is 8.08. The fraction of sp³-hybridized carbons (Fsp3) is 0.846. The summed E-state index contributed by atoms with van der Waals surface area (Å²) in [6.45, 7) is 3.70. The van der Waals surface area contributed by atoms with E-state index in [0.717, 1.165) is 38.8 Å². The minimum absolute atomic E-state index is 0.0757. The number of rotatable bonds is 6. The zero-order valence-electron chi connectivity index (χ0n) is 11.4. The van der Waals surface area contributed by atoms with Gasteiger partial charge in [-0.2, -0.15) is 0 Å². The lowest BCUT2D eigenvalue weighted by Gasteiger charge is -2.32. The Bertz CT molecular complexity index is 273. The molecule has 0 atom stereocenters. The normalized spacial score (nSPS) is 16.7. The molecule has 1 aliphatic heterocycles. The second-order valence-electron chi connectivity index (χ2n) is 4.76. The van der Waals surface area contributed by atoms with E-state index in [1.54, 1.807) is 0 Å². The van der Waals surface area contributed by atoms with Gasteiger partial charge in [0.2, 0.25) is 11.8 Å². The monoisotopic (exact) mass is 256 g/mol. The van der Waals surface area contributed by atoms with Gasteiger partial charge in [0.1, 0.15) is 6.61 Å². The quantitative estimate of drug-likeness (QED) is 0.769. The van der Waals surface area contributed by atoms with E-state index in [2.05, 4.69) is 12.2 Å². The summed E-state index contributed by atoms with van der Waals surface area (Å²) in [5, 5.41) is 2.92. The average Bonchev–Trinajstić information content (AvgIpc) is 2.37. The van der Waals surface area contributed by atoms with Gasteiger partial charge in [-0.25, -0.2) is 0 Å². The molecule has 0 aromatic rings. The van der Waals surface area contributed by atoms with Crippen molar-refractivity contribution in [2.45, 2.75) is 45.1 Å². The van der Waals surface area contributed by atoms with Gasteiger partial charge in [0.15, 0.2) is 0 Å². The highest BCUT2D eigenvalue weighted by atomic mass is 16.5. The summed E-state index contributed by atoms with van der Waals surface area (Å²) < 4.78 is 4.77. The van der Waals surface area contributed by atoms with Gasteiger partial charge in [0, 0.05) is 32.7 Å². The first-order valence-corrected chi connectivity index (χ1v) is 6.73. The van der Waals surface area contributed by atoms with Crippen LogP contribution in [0.3, 0.4) is 0 Å². The predicted octanol–water partition coefficient (Wildman–Crippen LogP) is 0.930. The smallest absolute Gasteiger partial charge is 0.246 e. The van der Waals surface area contributed by atoms with Crippen molar-refractivity contribution in [1.82, 2.24) is 10.2 Å². The molecule has 0 spiro atoms. The van der Waals surface area contributed by atoms with E-state index >= 15 is 0 Å². The van der Waals surface area contributed by atoms with Crippen LogP contribution in [0.1, 0.15) is 39.0 Å². The topological polar surface area (TPSA) is 58.6 Å². The van der Waals surface area contributed by atoms with Crippen LogP contribution < -0.4 is 5.32 Å². The molecule has 5 heteroatoms. The lowest BCUT2D eigenvalue weighted by molar-refractivity contribution is -0.132. The van der Waals surface area contributed by atoms with E-state index in [4.69, 9.17) is 4.74 Å². The molecule has 0 radical (unpaired) electrons. The number of nitrogens with zero attached hydrogens (tertiary/aromatic N) is 1. The second-order valence-corrected chi connectivity index (χ2v) is 4.76. The van der Waals surface area contributed by atoms with Crippen LogP contribution in [0, 0.1) is 0 Å². The summed E-state index contributed by atoms with van der Waals surface area (Å²) >= 11 is 0. The van der Waals surface area contributed by atoms with Gasteiger partial charge in [0.05, 0.1) is 0 Å². The molecule has 0 aromatic carbocycles. The van der Waals surface area contributed by atoms with Crippen LogP contribution in [-0.4, -0.2) is 49.6 Å².